The summed E-state index contributed by atoms with van der Waals surface area (Å²) in [5.74, 6) is 0.638. The van der Waals surface area contributed by atoms with Gasteiger partial charge in [0.1, 0.15) is 0 Å². The molecular formula is C10H10ClN3S. The Hall–Kier alpha value is -1.13. The first-order chi connectivity index (χ1) is 7.31. The lowest BCUT2D eigenvalue weighted by Crippen LogP contribution is -2.01. The molecule has 2 aromatic rings. The third-order valence-electron chi connectivity index (χ3n) is 1.84. The van der Waals surface area contributed by atoms with Crippen LogP contribution in [0.15, 0.2) is 23.7 Å². The van der Waals surface area contributed by atoms with E-state index in [2.05, 4.69) is 15.3 Å². The normalized spacial score (nSPS) is 10.3. The number of aromatic nitrogens is 2. The number of hydrogen-bond donors (Lipinski definition) is 1. The molecule has 0 unspecified atom stereocenters. The fourth-order valence-corrected chi connectivity index (χ4v) is 2.33. The molecule has 15 heavy (non-hydrogen) atoms. The fourth-order valence-electron chi connectivity index (χ4n) is 1.20. The van der Waals surface area contributed by atoms with Crippen molar-refractivity contribution in [3.8, 4) is 10.6 Å². The van der Waals surface area contributed by atoms with Crippen molar-refractivity contribution in [1.82, 2.24) is 9.97 Å². The molecule has 0 saturated carbocycles. The van der Waals surface area contributed by atoms with Gasteiger partial charge in [-0.2, -0.15) is 0 Å². The van der Waals surface area contributed by atoms with E-state index in [-0.39, 0.29) is 0 Å². The molecule has 2 rings (SSSR count). The fraction of sp³-hybridized carbons (Fsp3) is 0.200. The average molecular weight is 240 g/mol. The molecule has 78 valence electrons. The number of thiophene rings is 1. The molecule has 0 saturated heterocycles. The van der Waals surface area contributed by atoms with Gasteiger partial charge in [-0.05, 0) is 24.4 Å². The van der Waals surface area contributed by atoms with Crippen LogP contribution in [0.2, 0.25) is 5.02 Å². The Balaban J connectivity index is 2.37. The molecule has 2 aromatic heterocycles. The summed E-state index contributed by atoms with van der Waals surface area (Å²) in [5.41, 5.74) is 0.862. The van der Waals surface area contributed by atoms with E-state index in [1.54, 1.807) is 17.5 Å². The second kappa shape index (κ2) is 4.59. The zero-order valence-electron chi connectivity index (χ0n) is 8.20. The van der Waals surface area contributed by atoms with Gasteiger partial charge in [-0.3, -0.25) is 0 Å². The van der Waals surface area contributed by atoms with E-state index in [4.69, 9.17) is 11.6 Å². The van der Waals surface area contributed by atoms with Gasteiger partial charge in [0.25, 0.3) is 0 Å². The van der Waals surface area contributed by atoms with Crippen LogP contribution in [0.5, 0.6) is 0 Å². The predicted molar refractivity (Wildman–Crippen MR) is 64.5 cm³/mol. The van der Waals surface area contributed by atoms with E-state index in [9.17, 15) is 0 Å². The van der Waals surface area contributed by atoms with E-state index >= 15 is 0 Å². The molecule has 5 heteroatoms. The zero-order valence-corrected chi connectivity index (χ0v) is 9.77. The van der Waals surface area contributed by atoms with Crippen molar-refractivity contribution < 1.29 is 0 Å². The Morgan fingerprint density at radius 1 is 1.47 bits per heavy atom. The highest BCUT2D eigenvalue weighted by atomic mass is 35.5. The van der Waals surface area contributed by atoms with Crippen LogP contribution in [-0.4, -0.2) is 16.5 Å². The summed E-state index contributed by atoms with van der Waals surface area (Å²) in [6, 6.07) is 3.73. The maximum absolute atomic E-state index is 6.03. The van der Waals surface area contributed by atoms with Gasteiger partial charge in [0.05, 0.1) is 15.6 Å². The van der Waals surface area contributed by atoms with Gasteiger partial charge in [-0.15, -0.1) is 11.3 Å². The minimum absolute atomic E-state index is 0.638. The van der Waals surface area contributed by atoms with Crippen LogP contribution in [0, 0.1) is 0 Å². The third kappa shape index (κ3) is 2.27. The van der Waals surface area contributed by atoms with Gasteiger partial charge in [0.15, 0.2) is 0 Å². The summed E-state index contributed by atoms with van der Waals surface area (Å²) < 4.78 is 0. The lowest BCUT2D eigenvalue weighted by molar-refractivity contribution is 1.09. The molecule has 0 amide bonds. The first-order valence-electron chi connectivity index (χ1n) is 4.61. The van der Waals surface area contributed by atoms with Crippen LogP contribution in [0.25, 0.3) is 10.6 Å². The first kappa shape index (κ1) is 10.4. The van der Waals surface area contributed by atoms with Crippen molar-refractivity contribution in [1.29, 1.82) is 0 Å². The lowest BCUT2D eigenvalue weighted by atomic mass is 10.3. The summed E-state index contributed by atoms with van der Waals surface area (Å²) in [6.45, 7) is 2.82. The second-order valence-electron chi connectivity index (χ2n) is 2.89. The van der Waals surface area contributed by atoms with Crippen molar-refractivity contribution in [2.24, 2.45) is 0 Å². The maximum atomic E-state index is 6.03. The van der Waals surface area contributed by atoms with E-state index in [0.717, 1.165) is 22.1 Å². The number of nitrogens with zero attached hydrogens (tertiary/aromatic N) is 2. The molecule has 0 aliphatic rings. The highest BCUT2D eigenvalue weighted by molar-refractivity contribution is 7.14. The minimum Gasteiger partial charge on any atom is -0.354 e. The summed E-state index contributed by atoms with van der Waals surface area (Å²) in [5, 5.41) is 5.76. The van der Waals surface area contributed by atoms with E-state index in [1.807, 2.05) is 24.4 Å². The van der Waals surface area contributed by atoms with Crippen molar-refractivity contribution >= 4 is 28.9 Å². The number of anilines is 1. The van der Waals surface area contributed by atoms with Crippen LogP contribution < -0.4 is 5.32 Å². The van der Waals surface area contributed by atoms with Gasteiger partial charge < -0.3 is 5.32 Å². The van der Waals surface area contributed by atoms with Gasteiger partial charge in [-0.25, -0.2) is 9.97 Å². The zero-order chi connectivity index (χ0) is 10.7. The van der Waals surface area contributed by atoms with Gasteiger partial charge >= 0.3 is 0 Å². The molecule has 0 atom stereocenters. The molecule has 0 aliphatic carbocycles. The van der Waals surface area contributed by atoms with Gasteiger partial charge in [0.2, 0.25) is 5.95 Å². The van der Waals surface area contributed by atoms with Crippen LogP contribution in [0.3, 0.4) is 0 Å². The molecule has 0 aromatic carbocycles. The molecule has 0 bridgehead atoms. The first-order valence-corrected chi connectivity index (χ1v) is 5.87. The van der Waals surface area contributed by atoms with Crippen LogP contribution in [-0.2, 0) is 0 Å². The molecule has 0 aliphatic heterocycles. The highest BCUT2D eigenvalue weighted by Crippen LogP contribution is 2.31. The van der Waals surface area contributed by atoms with Gasteiger partial charge in [-0.1, -0.05) is 11.6 Å². The van der Waals surface area contributed by atoms with Crippen molar-refractivity contribution in [2.75, 3.05) is 11.9 Å². The summed E-state index contributed by atoms with van der Waals surface area (Å²) in [7, 11) is 0. The Kier molecular flexibility index (Phi) is 3.18. The molecule has 2 heterocycles. The lowest BCUT2D eigenvalue weighted by Gasteiger charge is -2.02. The largest absolute Gasteiger partial charge is 0.354 e. The summed E-state index contributed by atoms with van der Waals surface area (Å²) >= 11 is 7.61. The maximum Gasteiger partial charge on any atom is 0.223 e. The van der Waals surface area contributed by atoms with Crippen molar-refractivity contribution in [2.45, 2.75) is 6.92 Å². The number of halogens is 1. The van der Waals surface area contributed by atoms with Crippen LogP contribution >= 0.6 is 22.9 Å². The molecule has 0 fully saturated rings. The SMILES string of the molecule is CCNc1nccc(-c2sccc2Cl)n1. The third-order valence-corrected chi connectivity index (χ3v) is 3.20. The van der Waals surface area contributed by atoms with Crippen LogP contribution in [0.4, 0.5) is 5.95 Å². The van der Waals surface area contributed by atoms with Crippen molar-refractivity contribution in [3.63, 3.8) is 0 Å². The highest BCUT2D eigenvalue weighted by Gasteiger charge is 2.07. The van der Waals surface area contributed by atoms with Crippen molar-refractivity contribution in [3.05, 3.63) is 28.7 Å². The van der Waals surface area contributed by atoms with Crippen LogP contribution in [0.1, 0.15) is 6.92 Å². The Morgan fingerprint density at radius 3 is 3.00 bits per heavy atom. The number of rotatable bonds is 3. The second-order valence-corrected chi connectivity index (χ2v) is 4.22. The Morgan fingerprint density at radius 2 is 2.33 bits per heavy atom. The Labute approximate surface area is 97.2 Å². The topological polar surface area (TPSA) is 37.8 Å². The van der Waals surface area contributed by atoms with E-state index in [0.29, 0.717) is 5.95 Å². The average Bonchev–Trinajstić information content (AvgIpc) is 2.65. The number of hydrogen-bond acceptors (Lipinski definition) is 4. The standard InChI is InChI=1S/C10H10ClN3S/c1-2-12-10-13-5-3-8(14-10)9-7(11)4-6-15-9/h3-6H,2H2,1H3,(H,12,13,14). The molecule has 0 spiro atoms. The summed E-state index contributed by atoms with van der Waals surface area (Å²) in [6.07, 6.45) is 1.73. The summed E-state index contributed by atoms with van der Waals surface area (Å²) in [4.78, 5) is 9.46. The van der Waals surface area contributed by atoms with E-state index < -0.39 is 0 Å². The molecule has 1 N–H and O–H groups in total. The Bertz CT molecular complexity index is 455. The number of nitrogens with one attached hydrogen (secondary N) is 1. The molecular weight excluding hydrogens is 230 g/mol. The molecule has 3 nitrogen and oxygen atoms in total. The van der Waals surface area contributed by atoms with E-state index in [1.165, 1.54) is 0 Å². The monoisotopic (exact) mass is 239 g/mol. The smallest absolute Gasteiger partial charge is 0.223 e. The predicted octanol–water partition coefficient (Wildman–Crippen LogP) is 3.29. The molecule has 0 radical (unpaired) electrons. The quantitative estimate of drug-likeness (QED) is 0.893. The minimum atomic E-state index is 0.638. The van der Waals surface area contributed by atoms with Gasteiger partial charge in [0, 0.05) is 12.7 Å².